The summed E-state index contributed by atoms with van der Waals surface area (Å²) in [6.07, 6.45) is -3.36. The van der Waals surface area contributed by atoms with Gasteiger partial charge in [0, 0.05) is 30.1 Å². The summed E-state index contributed by atoms with van der Waals surface area (Å²) in [5.41, 5.74) is -2.23. The van der Waals surface area contributed by atoms with Gasteiger partial charge in [0.15, 0.2) is 5.13 Å². The number of aromatic nitrogens is 2. The van der Waals surface area contributed by atoms with Crippen LogP contribution in [0.3, 0.4) is 0 Å². The molecule has 2 aromatic rings. The molecule has 9 heteroatoms. The highest BCUT2D eigenvalue weighted by molar-refractivity contribution is 7.14. The van der Waals surface area contributed by atoms with Gasteiger partial charge in [-0.3, -0.25) is 4.98 Å². The Kier molecular flexibility index (Phi) is 3.72. The van der Waals surface area contributed by atoms with Crippen LogP contribution in [-0.2, 0) is 6.18 Å². The second kappa shape index (κ2) is 5.45. The summed E-state index contributed by atoms with van der Waals surface area (Å²) in [4.78, 5) is 9.19. The van der Waals surface area contributed by atoms with Gasteiger partial charge in [0.1, 0.15) is 11.8 Å². The summed E-state index contributed by atoms with van der Waals surface area (Å²) < 4.78 is 52.0. The van der Waals surface area contributed by atoms with Gasteiger partial charge in [-0.05, 0) is 12.1 Å². The third-order valence-electron chi connectivity index (χ3n) is 3.53. The average Bonchev–Trinajstić information content (AvgIpc) is 3.14. The third-order valence-corrected chi connectivity index (χ3v) is 4.43. The maximum Gasteiger partial charge on any atom is 0.433 e. The number of anilines is 1. The third kappa shape index (κ3) is 3.12. The van der Waals surface area contributed by atoms with Crippen molar-refractivity contribution in [2.45, 2.75) is 18.3 Å². The maximum absolute atomic E-state index is 13.9. The molecule has 0 saturated carbocycles. The Hall–Kier alpha value is -2.21. The van der Waals surface area contributed by atoms with E-state index in [2.05, 4.69) is 9.97 Å². The standard InChI is InChI=1S/C14H10F4N4S/c15-13(7-19)2-4-22(8-13)12-21-10(6-23-12)9-1-3-20-11(5-9)14(16,17)18/h1,3,5-6H,2,4,8H2. The van der Waals surface area contributed by atoms with Gasteiger partial charge in [-0.25, -0.2) is 9.37 Å². The second-order valence-electron chi connectivity index (χ2n) is 5.19. The molecule has 0 radical (unpaired) electrons. The number of nitriles is 1. The van der Waals surface area contributed by atoms with Crippen molar-refractivity contribution in [2.24, 2.45) is 0 Å². The van der Waals surface area contributed by atoms with Crippen molar-refractivity contribution in [1.82, 2.24) is 9.97 Å². The van der Waals surface area contributed by atoms with E-state index in [0.717, 1.165) is 12.3 Å². The molecule has 0 bridgehead atoms. The zero-order valence-electron chi connectivity index (χ0n) is 11.6. The molecular formula is C14H10F4N4S. The van der Waals surface area contributed by atoms with Crippen molar-refractivity contribution >= 4 is 16.5 Å². The van der Waals surface area contributed by atoms with Crippen LogP contribution in [0.25, 0.3) is 11.3 Å². The normalized spacial score (nSPS) is 21.4. The van der Waals surface area contributed by atoms with Crippen LogP contribution in [0.2, 0.25) is 0 Å². The lowest BCUT2D eigenvalue weighted by Gasteiger charge is -2.14. The number of rotatable bonds is 2. The van der Waals surface area contributed by atoms with Crippen molar-refractivity contribution in [3.63, 3.8) is 0 Å². The Morgan fingerprint density at radius 2 is 2.17 bits per heavy atom. The molecule has 1 aliphatic rings. The van der Waals surface area contributed by atoms with Crippen LogP contribution in [0.15, 0.2) is 23.7 Å². The predicted octanol–water partition coefficient (Wildman–Crippen LogP) is 3.67. The van der Waals surface area contributed by atoms with Crippen molar-refractivity contribution in [3.05, 3.63) is 29.4 Å². The number of alkyl halides is 4. The van der Waals surface area contributed by atoms with E-state index in [1.807, 2.05) is 0 Å². The molecule has 0 N–H and O–H groups in total. The van der Waals surface area contributed by atoms with Gasteiger partial charge in [0.25, 0.3) is 0 Å². The molecule has 1 fully saturated rings. The van der Waals surface area contributed by atoms with Crippen LogP contribution in [0.5, 0.6) is 0 Å². The van der Waals surface area contributed by atoms with E-state index in [-0.39, 0.29) is 13.0 Å². The highest BCUT2D eigenvalue weighted by Crippen LogP contribution is 2.35. The first-order valence-electron chi connectivity index (χ1n) is 6.65. The zero-order chi connectivity index (χ0) is 16.7. The largest absolute Gasteiger partial charge is 0.433 e. The topological polar surface area (TPSA) is 52.8 Å². The fourth-order valence-electron chi connectivity index (χ4n) is 2.31. The number of halogens is 4. The molecular weight excluding hydrogens is 332 g/mol. The van der Waals surface area contributed by atoms with E-state index in [1.165, 1.54) is 17.4 Å². The van der Waals surface area contributed by atoms with Crippen LogP contribution in [-0.4, -0.2) is 28.7 Å². The van der Waals surface area contributed by atoms with Gasteiger partial charge in [-0.15, -0.1) is 11.3 Å². The second-order valence-corrected chi connectivity index (χ2v) is 6.03. The van der Waals surface area contributed by atoms with Crippen LogP contribution in [0.4, 0.5) is 22.7 Å². The van der Waals surface area contributed by atoms with E-state index in [9.17, 15) is 17.6 Å². The molecule has 0 aromatic carbocycles. The molecule has 0 amide bonds. The van der Waals surface area contributed by atoms with Crippen LogP contribution < -0.4 is 4.90 Å². The van der Waals surface area contributed by atoms with Gasteiger partial charge >= 0.3 is 6.18 Å². The average molecular weight is 342 g/mol. The van der Waals surface area contributed by atoms with E-state index >= 15 is 0 Å². The van der Waals surface area contributed by atoms with Crippen LogP contribution in [0, 0.1) is 11.3 Å². The fraction of sp³-hybridized carbons (Fsp3) is 0.357. The van der Waals surface area contributed by atoms with Gasteiger partial charge in [-0.1, -0.05) is 0 Å². The minimum atomic E-state index is -4.52. The zero-order valence-corrected chi connectivity index (χ0v) is 12.5. The summed E-state index contributed by atoms with van der Waals surface area (Å²) in [6.45, 7) is 0.266. The SMILES string of the molecule is N#CC1(F)CCN(c2nc(-c3ccnc(C(F)(F)F)c3)cs2)C1. The number of pyridine rings is 1. The van der Waals surface area contributed by atoms with E-state index in [0.29, 0.717) is 22.9 Å². The van der Waals surface area contributed by atoms with E-state index < -0.39 is 17.5 Å². The molecule has 1 atom stereocenters. The summed E-state index contributed by atoms with van der Waals surface area (Å²) in [6, 6.07) is 4.00. The fourth-order valence-corrected chi connectivity index (χ4v) is 3.18. The lowest BCUT2D eigenvalue weighted by Crippen LogP contribution is -2.27. The lowest BCUT2D eigenvalue weighted by molar-refractivity contribution is -0.141. The van der Waals surface area contributed by atoms with Crippen LogP contribution >= 0.6 is 11.3 Å². The van der Waals surface area contributed by atoms with Crippen molar-refractivity contribution in [3.8, 4) is 17.3 Å². The summed E-state index contributed by atoms with van der Waals surface area (Å²) in [5, 5.41) is 10.9. The van der Waals surface area contributed by atoms with Gasteiger partial charge in [0.2, 0.25) is 5.67 Å². The van der Waals surface area contributed by atoms with Crippen LogP contribution in [0.1, 0.15) is 12.1 Å². The van der Waals surface area contributed by atoms with Gasteiger partial charge in [-0.2, -0.15) is 18.4 Å². The monoisotopic (exact) mass is 342 g/mol. The van der Waals surface area contributed by atoms with Crippen molar-refractivity contribution < 1.29 is 17.6 Å². The first-order valence-corrected chi connectivity index (χ1v) is 7.53. The Labute approximate surface area is 133 Å². The molecule has 1 aliphatic heterocycles. The smallest absolute Gasteiger partial charge is 0.344 e. The van der Waals surface area contributed by atoms with E-state index in [1.54, 1.807) is 16.3 Å². The summed E-state index contributed by atoms with van der Waals surface area (Å²) >= 11 is 1.20. The highest BCUT2D eigenvalue weighted by Gasteiger charge is 2.39. The summed E-state index contributed by atoms with van der Waals surface area (Å²) in [5.74, 6) is 0. The first-order chi connectivity index (χ1) is 10.8. The number of hydrogen-bond acceptors (Lipinski definition) is 5. The molecule has 2 aromatic heterocycles. The first kappa shape index (κ1) is 15.7. The number of thiazole rings is 1. The molecule has 1 unspecified atom stereocenters. The van der Waals surface area contributed by atoms with Gasteiger partial charge in [0.05, 0.1) is 12.2 Å². The summed E-state index contributed by atoms with van der Waals surface area (Å²) in [7, 11) is 0. The quantitative estimate of drug-likeness (QED) is 0.782. The van der Waals surface area contributed by atoms with Gasteiger partial charge < -0.3 is 4.90 Å². The molecule has 3 rings (SSSR count). The minimum Gasteiger partial charge on any atom is -0.344 e. The molecule has 0 aliphatic carbocycles. The highest BCUT2D eigenvalue weighted by atomic mass is 32.1. The Morgan fingerprint density at radius 3 is 2.83 bits per heavy atom. The molecule has 4 nitrogen and oxygen atoms in total. The number of nitrogens with zero attached hydrogens (tertiary/aromatic N) is 4. The molecule has 120 valence electrons. The van der Waals surface area contributed by atoms with Crippen molar-refractivity contribution in [2.75, 3.05) is 18.0 Å². The van der Waals surface area contributed by atoms with E-state index in [4.69, 9.17) is 5.26 Å². The predicted molar refractivity (Wildman–Crippen MR) is 76.6 cm³/mol. The maximum atomic E-state index is 13.9. The Morgan fingerprint density at radius 1 is 1.39 bits per heavy atom. The molecule has 1 saturated heterocycles. The Balaban J connectivity index is 1.85. The molecule has 3 heterocycles. The Bertz CT molecular complexity index is 767. The molecule has 23 heavy (non-hydrogen) atoms. The minimum absolute atomic E-state index is 0.0827. The van der Waals surface area contributed by atoms with Crippen molar-refractivity contribution in [1.29, 1.82) is 5.26 Å². The number of hydrogen-bond donors (Lipinski definition) is 0. The molecule has 0 spiro atoms. The lowest BCUT2D eigenvalue weighted by atomic mass is 10.1.